The minimum absolute atomic E-state index is 0.00225. The second kappa shape index (κ2) is 6.03. The molecule has 0 radical (unpaired) electrons. The molecule has 0 spiro atoms. The van der Waals surface area contributed by atoms with E-state index in [1.807, 2.05) is 13.8 Å². The van der Waals surface area contributed by atoms with E-state index in [2.05, 4.69) is 0 Å². The topological polar surface area (TPSA) is 83.9 Å². The number of benzene rings is 1. The standard InChI is InChI=1S/C14H19NO5S/c1-10(2)20-11-5-7-12(8-6-11)21(18,19)15-9-3-4-13(15)14(16)17/h5-8,10,13H,3-4,9H2,1-2H3,(H,16,17)/t13-/m1/s1. The summed E-state index contributed by atoms with van der Waals surface area (Å²) in [5.74, 6) is -0.518. The number of ether oxygens (including phenoxy) is 1. The monoisotopic (exact) mass is 313 g/mol. The Morgan fingerprint density at radius 3 is 2.48 bits per heavy atom. The van der Waals surface area contributed by atoms with E-state index in [-0.39, 0.29) is 17.5 Å². The number of hydrogen-bond donors (Lipinski definition) is 1. The van der Waals surface area contributed by atoms with Gasteiger partial charge in [-0.15, -0.1) is 0 Å². The molecule has 0 amide bonds. The van der Waals surface area contributed by atoms with Crippen molar-refractivity contribution >= 4 is 16.0 Å². The van der Waals surface area contributed by atoms with Gasteiger partial charge in [-0.25, -0.2) is 8.42 Å². The SMILES string of the molecule is CC(C)Oc1ccc(S(=O)(=O)N2CCC[C@@H]2C(=O)O)cc1. The van der Waals surface area contributed by atoms with Crippen LogP contribution in [0.1, 0.15) is 26.7 Å². The molecule has 1 heterocycles. The van der Waals surface area contributed by atoms with E-state index >= 15 is 0 Å². The summed E-state index contributed by atoms with van der Waals surface area (Å²) in [6.45, 7) is 4.00. The second-order valence-corrected chi connectivity index (χ2v) is 7.14. The fourth-order valence-electron chi connectivity index (χ4n) is 2.37. The van der Waals surface area contributed by atoms with Gasteiger partial charge in [-0.3, -0.25) is 4.79 Å². The number of sulfonamides is 1. The van der Waals surface area contributed by atoms with Gasteiger partial charge in [0.1, 0.15) is 11.8 Å². The molecule has 0 aromatic heterocycles. The fraction of sp³-hybridized carbons (Fsp3) is 0.500. The average Bonchev–Trinajstić information content (AvgIpc) is 2.88. The Morgan fingerprint density at radius 2 is 1.95 bits per heavy atom. The zero-order valence-electron chi connectivity index (χ0n) is 12.0. The van der Waals surface area contributed by atoms with Crippen LogP contribution in [0.4, 0.5) is 0 Å². The van der Waals surface area contributed by atoms with E-state index in [0.717, 1.165) is 4.31 Å². The molecule has 1 aliphatic rings. The number of nitrogens with zero attached hydrogens (tertiary/aromatic N) is 1. The van der Waals surface area contributed by atoms with Crippen LogP contribution in [0.5, 0.6) is 5.75 Å². The van der Waals surface area contributed by atoms with Crippen LogP contribution in [0, 0.1) is 0 Å². The Kier molecular flexibility index (Phi) is 4.53. The van der Waals surface area contributed by atoms with Crippen molar-refractivity contribution in [2.24, 2.45) is 0 Å². The smallest absolute Gasteiger partial charge is 0.322 e. The molecule has 116 valence electrons. The third-order valence-electron chi connectivity index (χ3n) is 3.29. The van der Waals surface area contributed by atoms with Gasteiger partial charge in [0.15, 0.2) is 0 Å². The number of aliphatic carboxylic acids is 1. The molecule has 21 heavy (non-hydrogen) atoms. The molecule has 0 bridgehead atoms. The molecule has 7 heteroatoms. The fourth-order valence-corrected chi connectivity index (χ4v) is 4.02. The molecule has 0 aliphatic carbocycles. The highest BCUT2D eigenvalue weighted by atomic mass is 32.2. The van der Waals surface area contributed by atoms with Crippen molar-refractivity contribution in [2.45, 2.75) is 43.7 Å². The van der Waals surface area contributed by atoms with Gasteiger partial charge in [0.05, 0.1) is 11.0 Å². The summed E-state index contributed by atoms with van der Waals surface area (Å²) in [4.78, 5) is 11.2. The molecular formula is C14H19NO5S. The number of carbonyl (C=O) groups is 1. The summed E-state index contributed by atoms with van der Waals surface area (Å²) in [6.07, 6.45) is 0.913. The zero-order valence-corrected chi connectivity index (χ0v) is 12.8. The molecule has 1 saturated heterocycles. The first-order chi connectivity index (χ1) is 9.82. The van der Waals surface area contributed by atoms with Crippen LogP contribution in [0.25, 0.3) is 0 Å². The van der Waals surface area contributed by atoms with Gasteiger partial charge in [0.2, 0.25) is 10.0 Å². The third-order valence-corrected chi connectivity index (χ3v) is 5.21. The predicted molar refractivity (Wildman–Crippen MR) is 76.8 cm³/mol. The normalized spacial score (nSPS) is 19.9. The maximum Gasteiger partial charge on any atom is 0.322 e. The zero-order chi connectivity index (χ0) is 15.6. The summed E-state index contributed by atoms with van der Waals surface area (Å²) in [5.41, 5.74) is 0. The quantitative estimate of drug-likeness (QED) is 0.894. The lowest BCUT2D eigenvalue weighted by molar-refractivity contribution is -0.140. The Morgan fingerprint density at radius 1 is 1.33 bits per heavy atom. The number of hydrogen-bond acceptors (Lipinski definition) is 4. The van der Waals surface area contributed by atoms with Gasteiger partial charge >= 0.3 is 5.97 Å². The Labute approximate surface area is 124 Å². The number of carboxylic acid groups (broad SMARTS) is 1. The lowest BCUT2D eigenvalue weighted by Crippen LogP contribution is -2.40. The highest BCUT2D eigenvalue weighted by molar-refractivity contribution is 7.89. The first-order valence-electron chi connectivity index (χ1n) is 6.84. The van der Waals surface area contributed by atoms with E-state index in [0.29, 0.717) is 18.6 Å². The first kappa shape index (κ1) is 15.8. The minimum Gasteiger partial charge on any atom is -0.491 e. The Hall–Kier alpha value is -1.60. The lowest BCUT2D eigenvalue weighted by Gasteiger charge is -2.21. The first-order valence-corrected chi connectivity index (χ1v) is 8.28. The van der Waals surface area contributed by atoms with Crippen LogP contribution in [0.15, 0.2) is 29.2 Å². The van der Waals surface area contributed by atoms with Crippen molar-refractivity contribution in [3.05, 3.63) is 24.3 Å². The van der Waals surface area contributed by atoms with Crippen LogP contribution in [-0.4, -0.2) is 42.5 Å². The van der Waals surface area contributed by atoms with E-state index in [1.54, 1.807) is 12.1 Å². The van der Waals surface area contributed by atoms with Crippen molar-refractivity contribution in [1.29, 1.82) is 0 Å². The molecule has 0 unspecified atom stereocenters. The molecule has 0 saturated carbocycles. The van der Waals surface area contributed by atoms with Crippen LogP contribution in [0.2, 0.25) is 0 Å². The van der Waals surface area contributed by atoms with Gasteiger partial charge in [-0.2, -0.15) is 4.31 Å². The molecule has 1 aromatic rings. The van der Waals surface area contributed by atoms with Crippen LogP contribution in [0.3, 0.4) is 0 Å². The van der Waals surface area contributed by atoms with Crippen molar-refractivity contribution in [3.8, 4) is 5.75 Å². The third kappa shape index (κ3) is 3.36. The van der Waals surface area contributed by atoms with Gasteiger partial charge in [0, 0.05) is 6.54 Å². The maximum atomic E-state index is 12.5. The molecule has 1 aromatic carbocycles. The molecular weight excluding hydrogens is 294 g/mol. The second-order valence-electron chi connectivity index (χ2n) is 5.25. The van der Waals surface area contributed by atoms with Crippen molar-refractivity contribution in [2.75, 3.05) is 6.54 Å². The average molecular weight is 313 g/mol. The van der Waals surface area contributed by atoms with Crippen molar-refractivity contribution in [3.63, 3.8) is 0 Å². The van der Waals surface area contributed by atoms with Crippen molar-refractivity contribution in [1.82, 2.24) is 4.31 Å². The summed E-state index contributed by atoms with van der Waals surface area (Å²) in [7, 11) is -3.78. The van der Waals surface area contributed by atoms with E-state index in [1.165, 1.54) is 12.1 Å². The minimum atomic E-state index is -3.78. The van der Waals surface area contributed by atoms with E-state index in [4.69, 9.17) is 9.84 Å². The predicted octanol–water partition coefficient (Wildman–Crippen LogP) is 1.71. The van der Waals surface area contributed by atoms with Crippen LogP contribution in [-0.2, 0) is 14.8 Å². The summed E-state index contributed by atoms with van der Waals surface area (Å²) < 4.78 is 31.5. The van der Waals surface area contributed by atoms with Gasteiger partial charge in [0.25, 0.3) is 0 Å². The van der Waals surface area contributed by atoms with Crippen molar-refractivity contribution < 1.29 is 23.1 Å². The van der Waals surface area contributed by atoms with Crippen LogP contribution >= 0.6 is 0 Å². The van der Waals surface area contributed by atoms with E-state index in [9.17, 15) is 13.2 Å². The molecule has 1 N–H and O–H groups in total. The number of rotatable bonds is 5. The summed E-state index contributed by atoms with van der Waals surface area (Å²) in [5, 5.41) is 9.11. The van der Waals surface area contributed by atoms with Gasteiger partial charge in [-0.05, 0) is 51.0 Å². The largest absolute Gasteiger partial charge is 0.491 e. The summed E-state index contributed by atoms with van der Waals surface area (Å²) >= 11 is 0. The Bertz CT molecular complexity index is 609. The molecule has 1 fully saturated rings. The maximum absolute atomic E-state index is 12.5. The Balaban J connectivity index is 2.25. The van der Waals surface area contributed by atoms with Crippen LogP contribution < -0.4 is 4.74 Å². The number of carboxylic acids is 1. The van der Waals surface area contributed by atoms with Gasteiger partial charge in [-0.1, -0.05) is 0 Å². The molecule has 1 atom stereocenters. The van der Waals surface area contributed by atoms with Gasteiger partial charge < -0.3 is 9.84 Å². The molecule has 1 aliphatic heterocycles. The molecule has 6 nitrogen and oxygen atoms in total. The summed E-state index contributed by atoms with van der Waals surface area (Å²) in [6, 6.07) is 5.09. The lowest BCUT2D eigenvalue weighted by atomic mass is 10.2. The molecule has 2 rings (SSSR count). The highest BCUT2D eigenvalue weighted by Crippen LogP contribution is 2.27. The van der Waals surface area contributed by atoms with E-state index < -0.39 is 22.0 Å². The highest BCUT2D eigenvalue weighted by Gasteiger charge is 2.39.